The number of nitrogens with zero attached hydrogens (tertiary/aromatic N) is 3. The Hall–Kier alpha value is -1.43. The first kappa shape index (κ1) is 13.5. The summed E-state index contributed by atoms with van der Waals surface area (Å²) in [4.78, 5) is 6.81. The smallest absolute Gasteiger partial charge is 0.257 e. The van der Waals surface area contributed by atoms with Gasteiger partial charge in [0, 0.05) is 29.7 Å². The lowest BCUT2D eigenvalue weighted by molar-refractivity contribution is 0.140. The van der Waals surface area contributed by atoms with E-state index in [4.69, 9.17) is 16.1 Å². The Kier molecular flexibility index (Phi) is 4.00. The van der Waals surface area contributed by atoms with Gasteiger partial charge in [0.05, 0.1) is 6.54 Å². The summed E-state index contributed by atoms with van der Waals surface area (Å²) in [6.07, 6.45) is 0. The van der Waals surface area contributed by atoms with Crippen LogP contribution < -0.4 is 5.32 Å². The molecule has 106 valence electrons. The average Bonchev–Trinajstić information content (AvgIpc) is 2.85. The molecule has 0 atom stereocenters. The molecular formula is C14H17ClN4O. The van der Waals surface area contributed by atoms with Crippen molar-refractivity contribution in [2.75, 3.05) is 19.6 Å². The van der Waals surface area contributed by atoms with Crippen LogP contribution in [0.1, 0.15) is 12.7 Å². The van der Waals surface area contributed by atoms with Gasteiger partial charge in [-0.05, 0) is 30.8 Å². The van der Waals surface area contributed by atoms with E-state index in [0.29, 0.717) is 17.0 Å². The molecule has 2 aromatic rings. The van der Waals surface area contributed by atoms with Crippen molar-refractivity contribution in [1.82, 2.24) is 20.4 Å². The maximum absolute atomic E-state index is 5.87. The second-order valence-corrected chi connectivity index (χ2v) is 5.33. The average molecular weight is 293 g/mol. The summed E-state index contributed by atoms with van der Waals surface area (Å²) < 4.78 is 5.32. The second kappa shape index (κ2) is 5.91. The number of hydrogen-bond acceptors (Lipinski definition) is 5. The van der Waals surface area contributed by atoms with E-state index in [1.165, 1.54) is 0 Å². The van der Waals surface area contributed by atoms with E-state index in [0.717, 1.165) is 37.6 Å². The van der Waals surface area contributed by atoms with Gasteiger partial charge in [0.2, 0.25) is 0 Å². The highest BCUT2D eigenvalue weighted by atomic mass is 35.5. The fourth-order valence-corrected chi connectivity index (χ4v) is 2.37. The number of aromatic nitrogens is 2. The van der Waals surface area contributed by atoms with Gasteiger partial charge in [-0.3, -0.25) is 4.90 Å². The van der Waals surface area contributed by atoms with Gasteiger partial charge in [0.1, 0.15) is 0 Å². The lowest BCUT2D eigenvalue weighted by Crippen LogP contribution is -2.56. The summed E-state index contributed by atoms with van der Waals surface area (Å²) in [5, 5.41) is 8.04. The van der Waals surface area contributed by atoms with Gasteiger partial charge < -0.3 is 9.84 Å². The predicted octanol–water partition coefficient (Wildman–Crippen LogP) is 2.18. The molecule has 0 radical (unpaired) electrons. The molecule has 3 rings (SSSR count). The zero-order chi connectivity index (χ0) is 13.9. The highest BCUT2D eigenvalue weighted by Crippen LogP contribution is 2.20. The zero-order valence-corrected chi connectivity index (χ0v) is 12.1. The Morgan fingerprint density at radius 1 is 1.35 bits per heavy atom. The van der Waals surface area contributed by atoms with Gasteiger partial charge in [-0.1, -0.05) is 23.7 Å². The van der Waals surface area contributed by atoms with Gasteiger partial charge in [-0.15, -0.1) is 0 Å². The number of likely N-dealkylation sites (N-methyl/N-ethyl adjacent to an activating group) is 1. The molecule has 1 aliphatic rings. The standard InChI is InChI=1S/C14H17ClN4O/c1-2-19(12-7-16-8-12)9-13-17-14(20-18-13)10-3-5-11(15)6-4-10/h3-6,12,16H,2,7-9H2,1H3. The molecule has 1 fully saturated rings. The Morgan fingerprint density at radius 3 is 2.70 bits per heavy atom. The minimum absolute atomic E-state index is 0.541. The van der Waals surface area contributed by atoms with Crippen LogP contribution in [0.3, 0.4) is 0 Å². The monoisotopic (exact) mass is 292 g/mol. The molecule has 1 saturated heterocycles. The normalized spacial score (nSPS) is 15.6. The van der Waals surface area contributed by atoms with Crippen LogP contribution in [0, 0.1) is 0 Å². The third kappa shape index (κ3) is 2.85. The summed E-state index contributed by atoms with van der Waals surface area (Å²) in [6.45, 7) is 5.93. The van der Waals surface area contributed by atoms with E-state index in [1.54, 1.807) is 0 Å². The second-order valence-electron chi connectivity index (χ2n) is 4.90. The van der Waals surface area contributed by atoms with E-state index in [1.807, 2.05) is 24.3 Å². The van der Waals surface area contributed by atoms with Gasteiger partial charge in [0.25, 0.3) is 5.89 Å². The first-order chi connectivity index (χ1) is 9.76. The minimum atomic E-state index is 0.541. The molecule has 2 heterocycles. The maximum atomic E-state index is 5.87. The Labute approximate surface area is 122 Å². The maximum Gasteiger partial charge on any atom is 0.257 e. The van der Waals surface area contributed by atoms with Crippen LogP contribution in [0.25, 0.3) is 11.5 Å². The lowest BCUT2D eigenvalue weighted by Gasteiger charge is -2.36. The van der Waals surface area contributed by atoms with E-state index < -0.39 is 0 Å². The lowest BCUT2D eigenvalue weighted by atomic mass is 10.1. The number of halogens is 1. The molecule has 1 N–H and O–H groups in total. The molecule has 1 aromatic carbocycles. The van der Waals surface area contributed by atoms with Crippen LogP contribution in [0.5, 0.6) is 0 Å². The van der Waals surface area contributed by atoms with Gasteiger partial charge in [0.15, 0.2) is 5.82 Å². The van der Waals surface area contributed by atoms with Gasteiger partial charge in [-0.25, -0.2) is 0 Å². The topological polar surface area (TPSA) is 54.2 Å². The van der Waals surface area contributed by atoms with Crippen molar-refractivity contribution >= 4 is 11.6 Å². The van der Waals surface area contributed by atoms with Crippen LogP contribution in [0.4, 0.5) is 0 Å². The zero-order valence-electron chi connectivity index (χ0n) is 11.3. The molecule has 0 spiro atoms. The molecule has 1 aromatic heterocycles. The third-order valence-electron chi connectivity index (χ3n) is 3.59. The molecule has 5 nitrogen and oxygen atoms in total. The summed E-state index contributed by atoms with van der Waals surface area (Å²) in [7, 11) is 0. The highest BCUT2D eigenvalue weighted by Gasteiger charge is 2.24. The van der Waals surface area contributed by atoms with Crippen LogP contribution in [0.2, 0.25) is 5.02 Å². The third-order valence-corrected chi connectivity index (χ3v) is 3.84. The number of hydrogen-bond donors (Lipinski definition) is 1. The largest absolute Gasteiger partial charge is 0.334 e. The van der Waals surface area contributed by atoms with Crippen molar-refractivity contribution in [2.24, 2.45) is 0 Å². The summed E-state index contributed by atoms with van der Waals surface area (Å²) in [5.41, 5.74) is 0.890. The molecule has 6 heteroatoms. The van der Waals surface area contributed by atoms with Crippen molar-refractivity contribution in [3.05, 3.63) is 35.1 Å². The molecule has 0 bridgehead atoms. The van der Waals surface area contributed by atoms with Crippen molar-refractivity contribution in [3.8, 4) is 11.5 Å². The van der Waals surface area contributed by atoms with Crippen LogP contribution in [-0.4, -0.2) is 40.7 Å². The Bertz CT molecular complexity index is 565. The fraction of sp³-hybridized carbons (Fsp3) is 0.429. The van der Waals surface area contributed by atoms with E-state index in [9.17, 15) is 0 Å². The fourth-order valence-electron chi connectivity index (χ4n) is 2.24. The van der Waals surface area contributed by atoms with Crippen molar-refractivity contribution in [1.29, 1.82) is 0 Å². The van der Waals surface area contributed by atoms with Crippen LogP contribution in [-0.2, 0) is 6.54 Å². The molecule has 20 heavy (non-hydrogen) atoms. The predicted molar refractivity (Wildman–Crippen MR) is 77.5 cm³/mol. The molecule has 0 unspecified atom stereocenters. The van der Waals surface area contributed by atoms with Gasteiger partial charge >= 0.3 is 0 Å². The number of nitrogens with one attached hydrogen (secondary N) is 1. The molecule has 0 saturated carbocycles. The first-order valence-electron chi connectivity index (χ1n) is 6.79. The summed E-state index contributed by atoms with van der Waals surface area (Å²) in [5.74, 6) is 1.27. The van der Waals surface area contributed by atoms with Crippen LogP contribution >= 0.6 is 11.6 Å². The van der Waals surface area contributed by atoms with E-state index in [2.05, 4.69) is 27.3 Å². The molecular weight excluding hydrogens is 276 g/mol. The van der Waals surface area contributed by atoms with Crippen molar-refractivity contribution in [3.63, 3.8) is 0 Å². The SMILES string of the molecule is CCN(Cc1noc(-c2ccc(Cl)cc2)n1)C1CNC1. The van der Waals surface area contributed by atoms with Crippen molar-refractivity contribution in [2.45, 2.75) is 19.5 Å². The molecule has 0 aliphatic carbocycles. The Morgan fingerprint density at radius 2 is 2.10 bits per heavy atom. The van der Waals surface area contributed by atoms with E-state index in [-0.39, 0.29) is 0 Å². The van der Waals surface area contributed by atoms with Crippen LogP contribution in [0.15, 0.2) is 28.8 Å². The summed E-state index contributed by atoms with van der Waals surface area (Å²) in [6, 6.07) is 7.98. The van der Waals surface area contributed by atoms with Crippen molar-refractivity contribution < 1.29 is 4.52 Å². The quantitative estimate of drug-likeness (QED) is 0.915. The summed E-state index contributed by atoms with van der Waals surface area (Å²) >= 11 is 5.87. The van der Waals surface area contributed by atoms with E-state index >= 15 is 0 Å². The number of rotatable bonds is 5. The Balaban J connectivity index is 1.71. The molecule has 0 amide bonds. The van der Waals surface area contributed by atoms with Gasteiger partial charge in [-0.2, -0.15) is 4.98 Å². The number of benzene rings is 1. The minimum Gasteiger partial charge on any atom is -0.334 e. The highest BCUT2D eigenvalue weighted by molar-refractivity contribution is 6.30. The first-order valence-corrected chi connectivity index (χ1v) is 7.17. The molecule has 1 aliphatic heterocycles.